The monoisotopic (exact) mass is 381 g/mol. The maximum atomic E-state index is 12.9. The number of H-pyrrole nitrogens is 1. The van der Waals surface area contributed by atoms with Crippen molar-refractivity contribution in [2.24, 2.45) is 5.73 Å². The van der Waals surface area contributed by atoms with Crippen LogP contribution >= 0.6 is 0 Å². The fourth-order valence-corrected chi connectivity index (χ4v) is 4.31. The van der Waals surface area contributed by atoms with Crippen molar-refractivity contribution in [2.45, 2.75) is 56.7 Å². The number of rotatable bonds is 5. The van der Waals surface area contributed by atoms with E-state index in [4.69, 9.17) is 5.73 Å². The molecule has 4 rings (SSSR count). The maximum absolute atomic E-state index is 12.9. The molecule has 3 atom stereocenters. The Kier molecular flexibility index (Phi) is 5.43. The van der Waals surface area contributed by atoms with Gasteiger partial charge in [-0.3, -0.25) is 14.7 Å². The zero-order chi connectivity index (χ0) is 19.5. The van der Waals surface area contributed by atoms with Crippen molar-refractivity contribution >= 4 is 11.8 Å². The molecule has 7 heteroatoms. The number of likely N-dealkylation sites (tertiary alicyclic amines) is 1. The van der Waals surface area contributed by atoms with Crippen LogP contribution < -0.4 is 11.1 Å². The van der Waals surface area contributed by atoms with Crippen LogP contribution in [0.4, 0.5) is 0 Å². The van der Waals surface area contributed by atoms with Gasteiger partial charge in [0.25, 0.3) is 0 Å². The normalized spacial score (nSPS) is 22.5. The van der Waals surface area contributed by atoms with Crippen LogP contribution in [0.15, 0.2) is 36.5 Å². The van der Waals surface area contributed by atoms with Crippen LogP contribution in [0.3, 0.4) is 0 Å². The fourth-order valence-electron chi connectivity index (χ4n) is 4.31. The molecule has 7 nitrogen and oxygen atoms in total. The molecule has 1 fully saturated rings. The van der Waals surface area contributed by atoms with Crippen molar-refractivity contribution in [3.05, 3.63) is 53.3 Å². The second-order valence-electron chi connectivity index (χ2n) is 7.81. The molecule has 1 aromatic heterocycles. The summed E-state index contributed by atoms with van der Waals surface area (Å²) in [5.74, 6) is -0.197. The first-order valence-corrected chi connectivity index (χ1v) is 10.0. The number of fused-ring (bicyclic) bond motifs is 1. The molecule has 2 aliphatic rings. The molecule has 148 valence electrons. The number of carbonyl (C=O) groups excluding carboxylic acids is 2. The van der Waals surface area contributed by atoms with E-state index >= 15 is 0 Å². The van der Waals surface area contributed by atoms with Gasteiger partial charge >= 0.3 is 0 Å². The minimum atomic E-state index is -0.626. The van der Waals surface area contributed by atoms with Gasteiger partial charge in [-0.25, -0.2) is 0 Å². The molecule has 4 N–H and O–H groups in total. The molecule has 0 radical (unpaired) electrons. The van der Waals surface area contributed by atoms with Gasteiger partial charge in [-0.05, 0) is 49.7 Å². The highest BCUT2D eigenvalue weighted by Crippen LogP contribution is 2.22. The van der Waals surface area contributed by atoms with Crippen LogP contribution in [0.2, 0.25) is 0 Å². The first kappa shape index (κ1) is 18.7. The number of carbonyl (C=O) groups is 2. The van der Waals surface area contributed by atoms with Gasteiger partial charge in [-0.1, -0.05) is 30.3 Å². The van der Waals surface area contributed by atoms with Crippen molar-refractivity contribution in [1.29, 1.82) is 0 Å². The van der Waals surface area contributed by atoms with Gasteiger partial charge in [0.2, 0.25) is 11.8 Å². The number of nitrogens with zero attached hydrogens (tertiary/aromatic N) is 2. The molecule has 2 aromatic rings. The van der Waals surface area contributed by atoms with E-state index < -0.39 is 12.1 Å². The predicted octanol–water partition coefficient (Wildman–Crippen LogP) is 0.944. The zero-order valence-electron chi connectivity index (χ0n) is 15.9. The third kappa shape index (κ3) is 3.94. The van der Waals surface area contributed by atoms with E-state index in [2.05, 4.69) is 15.5 Å². The minimum Gasteiger partial charge on any atom is -0.351 e. The first-order chi connectivity index (χ1) is 13.6. The summed E-state index contributed by atoms with van der Waals surface area (Å²) in [6, 6.07) is 8.80. The van der Waals surface area contributed by atoms with Crippen molar-refractivity contribution in [3.8, 4) is 0 Å². The molecule has 0 spiro atoms. The van der Waals surface area contributed by atoms with E-state index in [0.29, 0.717) is 19.4 Å². The topological polar surface area (TPSA) is 104 Å². The second-order valence-corrected chi connectivity index (χ2v) is 7.81. The van der Waals surface area contributed by atoms with E-state index in [-0.39, 0.29) is 17.9 Å². The zero-order valence-corrected chi connectivity index (χ0v) is 15.9. The van der Waals surface area contributed by atoms with E-state index in [9.17, 15) is 9.59 Å². The quantitative estimate of drug-likeness (QED) is 0.717. The Hall–Kier alpha value is -2.67. The van der Waals surface area contributed by atoms with Crippen molar-refractivity contribution < 1.29 is 9.59 Å². The summed E-state index contributed by atoms with van der Waals surface area (Å²) in [6.07, 6.45) is 6.40. The van der Waals surface area contributed by atoms with E-state index in [1.54, 1.807) is 4.90 Å². The molecule has 2 amide bonds. The predicted molar refractivity (Wildman–Crippen MR) is 105 cm³/mol. The maximum Gasteiger partial charge on any atom is 0.243 e. The third-order valence-corrected chi connectivity index (χ3v) is 5.82. The second kappa shape index (κ2) is 8.14. The van der Waals surface area contributed by atoms with Crippen LogP contribution in [0.1, 0.15) is 36.1 Å². The summed E-state index contributed by atoms with van der Waals surface area (Å²) in [5.41, 5.74) is 9.54. The molecule has 0 saturated carbocycles. The molecule has 1 saturated heterocycles. The van der Waals surface area contributed by atoms with Crippen molar-refractivity contribution in [3.63, 3.8) is 0 Å². The van der Waals surface area contributed by atoms with Gasteiger partial charge in [0, 0.05) is 18.3 Å². The van der Waals surface area contributed by atoms with Gasteiger partial charge in [0.05, 0.1) is 12.2 Å². The highest BCUT2D eigenvalue weighted by molar-refractivity contribution is 5.90. The number of hydrogen-bond donors (Lipinski definition) is 3. The van der Waals surface area contributed by atoms with Crippen LogP contribution in [-0.2, 0) is 28.9 Å². The molecule has 2 heterocycles. The van der Waals surface area contributed by atoms with E-state index in [1.165, 1.54) is 5.56 Å². The molecule has 1 aromatic carbocycles. The Balaban J connectivity index is 1.36. The van der Waals surface area contributed by atoms with Crippen LogP contribution in [0, 0.1) is 0 Å². The summed E-state index contributed by atoms with van der Waals surface area (Å²) in [5, 5.41) is 10.2. The van der Waals surface area contributed by atoms with Crippen LogP contribution in [0.5, 0.6) is 0 Å². The number of aromatic amines is 1. The molecular weight excluding hydrogens is 354 g/mol. The van der Waals surface area contributed by atoms with E-state index in [1.807, 2.05) is 36.5 Å². The number of aryl methyl sites for hydroxylation is 1. The molecule has 28 heavy (non-hydrogen) atoms. The number of amides is 2. The van der Waals surface area contributed by atoms with Crippen molar-refractivity contribution in [2.75, 3.05) is 6.54 Å². The summed E-state index contributed by atoms with van der Waals surface area (Å²) in [6.45, 7) is 0.593. The average Bonchev–Trinajstić information content (AvgIpc) is 3.37. The SMILES string of the molecule is N[C@H](Cc1ccccc1)C(=O)N1CCC[C@H]1C(=O)NC1CCc2[nH]ncc2C1. The molecule has 0 bridgehead atoms. The number of nitrogens with one attached hydrogen (secondary N) is 2. The number of nitrogens with two attached hydrogens (primary N) is 1. The highest BCUT2D eigenvalue weighted by atomic mass is 16.2. The van der Waals surface area contributed by atoms with Gasteiger partial charge in [0.1, 0.15) is 6.04 Å². The highest BCUT2D eigenvalue weighted by Gasteiger charge is 2.37. The standard InChI is InChI=1S/C21H27N5O2/c22-17(11-14-5-2-1-3-6-14)21(28)26-10-4-7-19(26)20(27)24-16-8-9-18-15(12-16)13-23-25-18/h1-3,5-6,13,16-17,19H,4,7-12,22H2,(H,23,25)(H,24,27)/t16?,17-,19+/m1/s1. The lowest BCUT2D eigenvalue weighted by Gasteiger charge is -2.29. The summed E-state index contributed by atoms with van der Waals surface area (Å²) >= 11 is 0. The van der Waals surface area contributed by atoms with Gasteiger partial charge in [-0.2, -0.15) is 5.10 Å². The largest absolute Gasteiger partial charge is 0.351 e. The smallest absolute Gasteiger partial charge is 0.243 e. The number of benzene rings is 1. The number of hydrogen-bond acceptors (Lipinski definition) is 4. The molecule has 1 aliphatic carbocycles. The first-order valence-electron chi connectivity index (χ1n) is 10.0. The Bertz CT molecular complexity index is 834. The average molecular weight is 381 g/mol. The fraction of sp³-hybridized carbons (Fsp3) is 0.476. The van der Waals surface area contributed by atoms with Gasteiger partial charge in [0.15, 0.2) is 0 Å². The molecule has 1 aliphatic heterocycles. The Labute approximate surface area is 164 Å². The molecule has 1 unspecified atom stereocenters. The molecular formula is C21H27N5O2. The summed E-state index contributed by atoms with van der Waals surface area (Å²) in [4.78, 5) is 27.5. The lowest BCUT2D eigenvalue weighted by molar-refractivity contribution is -0.139. The minimum absolute atomic E-state index is 0.0605. The van der Waals surface area contributed by atoms with E-state index in [0.717, 1.165) is 36.9 Å². The number of aromatic nitrogens is 2. The Morgan fingerprint density at radius 3 is 2.93 bits per heavy atom. The lowest BCUT2D eigenvalue weighted by Crippen LogP contribution is -2.53. The lowest BCUT2D eigenvalue weighted by atomic mass is 9.93. The Morgan fingerprint density at radius 2 is 2.11 bits per heavy atom. The Morgan fingerprint density at radius 1 is 1.29 bits per heavy atom. The summed E-state index contributed by atoms with van der Waals surface area (Å²) < 4.78 is 0. The van der Waals surface area contributed by atoms with Crippen LogP contribution in [-0.4, -0.2) is 51.6 Å². The van der Waals surface area contributed by atoms with Gasteiger partial charge in [-0.15, -0.1) is 0 Å². The third-order valence-electron chi connectivity index (χ3n) is 5.82. The van der Waals surface area contributed by atoms with Crippen molar-refractivity contribution in [1.82, 2.24) is 20.4 Å². The van der Waals surface area contributed by atoms with Gasteiger partial charge < -0.3 is 16.0 Å². The summed E-state index contributed by atoms with van der Waals surface area (Å²) in [7, 11) is 0. The van der Waals surface area contributed by atoms with Crippen LogP contribution in [0.25, 0.3) is 0 Å².